The Balaban J connectivity index is 1.20. The Labute approximate surface area is 236 Å². The molecule has 8 heteroatoms. The van der Waals surface area contributed by atoms with E-state index in [1.54, 1.807) is 0 Å². The van der Waals surface area contributed by atoms with Gasteiger partial charge in [0.1, 0.15) is 12.6 Å². The van der Waals surface area contributed by atoms with Crippen molar-refractivity contribution in [3.05, 3.63) is 93.1 Å². The van der Waals surface area contributed by atoms with Gasteiger partial charge in [-0.15, -0.1) is 0 Å². The SMILES string of the molecule is O=C(N[C@@H](CCCCNC(=S)Cc1ccc(I)cc1)C(=O)O)OCC1c2ccccc2-c2ccccc21. The third kappa shape index (κ3) is 7.29. The number of carboxylic acid groups (broad SMARTS) is 1. The van der Waals surface area contributed by atoms with Crippen molar-refractivity contribution in [2.24, 2.45) is 0 Å². The highest BCUT2D eigenvalue weighted by Crippen LogP contribution is 2.44. The van der Waals surface area contributed by atoms with Gasteiger partial charge in [-0.1, -0.05) is 72.9 Å². The van der Waals surface area contributed by atoms with Gasteiger partial charge in [0.2, 0.25) is 0 Å². The molecule has 3 aromatic rings. The predicted octanol–water partition coefficient (Wildman–Crippen LogP) is 5.91. The number of carbonyl (C=O) groups excluding carboxylic acids is 1. The standard InChI is InChI=1S/C29H29IN2O4S/c30-20-14-12-19(13-15-20)17-27(37)31-16-6-5-11-26(28(33)34)32-29(35)36-18-25-23-9-3-1-7-21(23)22-8-2-4-10-24(22)25/h1-4,7-10,12-15,25-26H,5-6,11,16-18H2,(H,31,37)(H,32,35)(H,33,34)/t26-/m0/s1. The maximum Gasteiger partial charge on any atom is 0.407 e. The van der Waals surface area contributed by atoms with E-state index in [2.05, 4.69) is 57.5 Å². The van der Waals surface area contributed by atoms with Crippen LogP contribution < -0.4 is 10.6 Å². The van der Waals surface area contributed by atoms with E-state index in [1.807, 2.05) is 48.5 Å². The second kappa shape index (κ2) is 13.0. The van der Waals surface area contributed by atoms with E-state index in [0.717, 1.165) is 39.2 Å². The van der Waals surface area contributed by atoms with E-state index < -0.39 is 18.1 Å². The number of aliphatic carboxylic acids is 1. The number of fused-ring (bicyclic) bond motifs is 3. The molecule has 192 valence electrons. The number of carboxylic acids is 1. The highest BCUT2D eigenvalue weighted by Gasteiger charge is 2.29. The summed E-state index contributed by atoms with van der Waals surface area (Å²) in [5.74, 6) is -1.15. The van der Waals surface area contributed by atoms with Gasteiger partial charge in [0.15, 0.2) is 0 Å². The third-order valence-corrected chi connectivity index (χ3v) is 7.46. The van der Waals surface area contributed by atoms with E-state index in [0.29, 0.717) is 25.8 Å². The lowest BCUT2D eigenvalue weighted by atomic mass is 9.98. The predicted molar refractivity (Wildman–Crippen MR) is 157 cm³/mol. The van der Waals surface area contributed by atoms with E-state index in [1.165, 1.54) is 3.57 Å². The van der Waals surface area contributed by atoms with Gasteiger partial charge in [-0.3, -0.25) is 0 Å². The molecule has 0 saturated carbocycles. The molecule has 1 amide bonds. The molecule has 0 unspecified atom stereocenters. The van der Waals surface area contributed by atoms with Crippen molar-refractivity contribution < 1.29 is 19.4 Å². The molecule has 0 radical (unpaired) electrons. The van der Waals surface area contributed by atoms with Crippen LogP contribution in [0.15, 0.2) is 72.8 Å². The molecule has 6 nitrogen and oxygen atoms in total. The average Bonchev–Trinajstić information content (AvgIpc) is 3.21. The molecule has 0 spiro atoms. The smallest absolute Gasteiger partial charge is 0.407 e. The molecular weight excluding hydrogens is 599 g/mol. The van der Waals surface area contributed by atoms with E-state index in [9.17, 15) is 14.7 Å². The minimum Gasteiger partial charge on any atom is -0.480 e. The summed E-state index contributed by atoms with van der Waals surface area (Å²) in [7, 11) is 0. The second-order valence-electron chi connectivity index (χ2n) is 9.01. The molecule has 4 rings (SSSR count). The van der Waals surface area contributed by atoms with Gasteiger partial charge in [0.25, 0.3) is 0 Å². The number of carbonyl (C=O) groups is 2. The first-order chi connectivity index (χ1) is 17.9. The molecule has 1 aliphatic rings. The zero-order valence-corrected chi connectivity index (χ0v) is 23.3. The Morgan fingerprint density at radius 3 is 2.19 bits per heavy atom. The highest BCUT2D eigenvalue weighted by molar-refractivity contribution is 14.1. The van der Waals surface area contributed by atoms with E-state index in [-0.39, 0.29) is 12.5 Å². The van der Waals surface area contributed by atoms with Gasteiger partial charge in [-0.05, 0) is 81.8 Å². The molecule has 3 N–H and O–H groups in total. The van der Waals surface area contributed by atoms with Gasteiger partial charge in [-0.2, -0.15) is 0 Å². The number of alkyl carbamates (subject to hydrolysis) is 1. The first kappa shape index (κ1) is 27.1. The van der Waals surface area contributed by atoms with Crippen molar-refractivity contribution in [2.45, 2.75) is 37.6 Å². The molecule has 0 bridgehead atoms. The Morgan fingerprint density at radius 2 is 1.57 bits per heavy atom. The van der Waals surface area contributed by atoms with Crippen molar-refractivity contribution in [1.82, 2.24) is 10.6 Å². The minimum absolute atomic E-state index is 0.0733. The van der Waals surface area contributed by atoms with Crippen molar-refractivity contribution in [2.75, 3.05) is 13.2 Å². The van der Waals surface area contributed by atoms with E-state index in [4.69, 9.17) is 17.0 Å². The number of unbranched alkanes of at least 4 members (excludes halogenated alkanes) is 1. The summed E-state index contributed by atoms with van der Waals surface area (Å²) in [5, 5.41) is 15.3. The second-order valence-corrected chi connectivity index (χ2v) is 10.7. The first-order valence-corrected chi connectivity index (χ1v) is 13.8. The van der Waals surface area contributed by atoms with Gasteiger partial charge in [0.05, 0.1) is 4.99 Å². The number of rotatable bonds is 11. The number of thiocarbonyl (C=S) groups is 1. The molecule has 0 saturated heterocycles. The molecule has 0 heterocycles. The number of ether oxygens (including phenoxy) is 1. The summed E-state index contributed by atoms with van der Waals surface area (Å²) in [6.07, 6.45) is 1.63. The van der Waals surface area contributed by atoms with E-state index >= 15 is 0 Å². The third-order valence-electron chi connectivity index (χ3n) is 6.45. The first-order valence-electron chi connectivity index (χ1n) is 12.3. The number of halogens is 1. The fourth-order valence-corrected chi connectivity index (χ4v) is 5.22. The molecular formula is C29H29IN2O4S. The monoisotopic (exact) mass is 628 g/mol. The topological polar surface area (TPSA) is 87.7 Å². The summed E-state index contributed by atoms with van der Waals surface area (Å²) >= 11 is 7.68. The number of hydrogen-bond donors (Lipinski definition) is 3. The van der Waals surface area contributed by atoms with Gasteiger partial charge in [-0.25, -0.2) is 9.59 Å². The molecule has 37 heavy (non-hydrogen) atoms. The Morgan fingerprint density at radius 1 is 0.946 bits per heavy atom. The van der Waals surface area contributed by atoms with Crippen LogP contribution in [0.2, 0.25) is 0 Å². The summed E-state index contributed by atoms with van der Waals surface area (Å²) in [6, 6.07) is 23.4. The minimum atomic E-state index is -1.07. The molecule has 3 aromatic carbocycles. The molecule has 1 aliphatic carbocycles. The van der Waals surface area contributed by atoms with Gasteiger partial charge >= 0.3 is 12.1 Å². The number of amides is 1. The summed E-state index contributed by atoms with van der Waals surface area (Å²) in [4.78, 5) is 25.0. The zero-order valence-electron chi connectivity index (χ0n) is 20.3. The average molecular weight is 629 g/mol. The fraction of sp³-hybridized carbons (Fsp3) is 0.276. The van der Waals surface area contributed by atoms with Crippen molar-refractivity contribution >= 4 is 51.9 Å². The molecule has 0 fully saturated rings. The van der Waals surface area contributed by atoms with Crippen LogP contribution in [-0.2, 0) is 16.0 Å². The van der Waals surface area contributed by atoms with Crippen LogP contribution in [-0.4, -0.2) is 41.4 Å². The number of hydrogen-bond acceptors (Lipinski definition) is 4. The van der Waals surface area contributed by atoms with Crippen LogP contribution in [0.4, 0.5) is 4.79 Å². The van der Waals surface area contributed by atoms with Gasteiger partial charge in [0, 0.05) is 22.5 Å². The number of nitrogens with one attached hydrogen (secondary N) is 2. The lowest BCUT2D eigenvalue weighted by molar-refractivity contribution is -0.139. The van der Waals surface area contributed by atoms with Crippen LogP contribution in [0.25, 0.3) is 11.1 Å². The lowest BCUT2D eigenvalue weighted by Crippen LogP contribution is -2.41. The molecule has 0 aliphatic heterocycles. The quantitative estimate of drug-likeness (QED) is 0.139. The normalized spacial score (nSPS) is 12.8. The summed E-state index contributed by atoms with van der Waals surface area (Å²) < 4.78 is 6.68. The van der Waals surface area contributed by atoms with Crippen LogP contribution in [0.5, 0.6) is 0 Å². The maximum absolute atomic E-state index is 12.5. The van der Waals surface area contributed by atoms with Crippen LogP contribution in [0, 0.1) is 3.57 Å². The summed E-state index contributed by atoms with van der Waals surface area (Å²) in [6.45, 7) is 0.800. The van der Waals surface area contributed by atoms with Gasteiger partial charge < -0.3 is 20.5 Å². The van der Waals surface area contributed by atoms with Crippen LogP contribution >= 0.6 is 34.8 Å². The molecule has 0 aromatic heterocycles. The lowest BCUT2D eigenvalue weighted by Gasteiger charge is -2.17. The van der Waals surface area contributed by atoms with Crippen molar-refractivity contribution in [3.8, 4) is 11.1 Å². The van der Waals surface area contributed by atoms with Crippen molar-refractivity contribution in [3.63, 3.8) is 0 Å². The van der Waals surface area contributed by atoms with Crippen molar-refractivity contribution in [1.29, 1.82) is 0 Å². The van der Waals surface area contributed by atoms with Crippen LogP contribution in [0.1, 0.15) is 41.9 Å². The molecule has 1 atom stereocenters. The maximum atomic E-state index is 12.5. The highest BCUT2D eigenvalue weighted by atomic mass is 127. The summed E-state index contributed by atoms with van der Waals surface area (Å²) in [5.41, 5.74) is 5.65. The number of benzene rings is 3. The Hall–Kier alpha value is -2.98. The Kier molecular flexibility index (Phi) is 9.51. The largest absolute Gasteiger partial charge is 0.480 e. The Bertz CT molecular complexity index is 1220. The zero-order chi connectivity index (χ0) is 26.2. The van der Waals surface area contributed by atoms with Crippen LogP contribution in [0.3, 0.4) is 0 Å². The fourth-order valence-electron chi connectivity index (χ4n) is 4.59.